The van der Waals surface area contributed by atoms with Gasteiger partial charge in [0, 0.05) is 5.56 Å². The number of carbonyl (C=O) groups excluding carboxylic acids is 1. The molecule has 0 unspecified atom stereocenters. The molecule has 0 fully saturated rings. The molecule has 2 aromatic carbocycles. The number of hydrazone groups is 1. The smallest absolute Gasteiger partial charge is 0.294 e. The van der Waals surface area contributed by atoms with Crippen LogP contribution in [0.4, 0.5) is 5.82 Å². The van der Waals surface area contributed by atoms with Crippen LogP contribution in [-0.4, -0.2) is 42.0 Å². The Balaban J connectivity index is 1.69. The molecule has 0 aliphatic carbocycles. The van der Waals surface area contributed by atoms with Crippen molar-refractivity contribution in [3.63, 3.8) is 0 Å². The van der Waals surface area contributed by atoms with Gasteiger partial charge >= 0.3 is 0 Å². The minimum absolute atomic E-state index is 0.00485. The van der Waals surface area contributed by atoms with Crippen LogP contribution in [0.15, 0.2) is 64.3 Å². The average Bonchev–Trinajstić information content (AvgIpc) is 3.38. The van der Waals surface area contributed by atoms with Crippen molar-refractivity contribution in [3.05, 3.63) is 65.9 Å². The molecule has 150 valence electrons. The molecule has 0 aliphatic rings. The van der Waals surface area contributed by atoms with E-state index in [1.807, 2.05) is 18.2 Å². The highest BCUT2D eigenvalue weighted by atomic mass is 16.6. The van der Waals surface area contributed by atoms with E-state index >= 15 is 0 Å². The average molecular weight is 404 g/mol. The van der Waals surface area contributed by atoms with Gasteiger partial charge in [-0.25, -0.2) is 10.1 Å². The van der Waals surface area contributed by atoms with Gasteiger partial charge in [-0.3, -0.25) is 4.79 Å². The van der Waals surface area contributed by atoms with Gasteiger partial charge in [-0.15, -0.1) is 5.10 Å². The first-order valence-electron chi connectivity index (χ1n) is 8.78. The van der Waals surface area contributed by atoms with E-state index in [4.69, 9.17) is 5.73 Å². The lowest BCUT2D eigenvalue weighted by molar-refractivity contribution is 0.0950. The maximum atomic E-state index is 12.8. The summed E-state index contributed by atoms with van der Waals surface area (Å²) in [5, 5.41) is 28.8. The zero-order valence-corrected chi connectivity index (χ0v) is 15.7. The van der Waals surface area contributed by atoms with Crippen LogP contribution in [0.25, 0.3) is 17.1 Å². The highest BCUT2D eigenvalue weighted by Crippen LogP contribution is 2.26. The van der Waals surface area contributed by atoms with E-state index in [9.17, 15) is 9.90 Å². The van der Waals surface area contributed by atoms with Crippen LogP contribution < -0.4 is 11.2 Å². The SMILES string of the molecule is C/C(=N\NC(=O)c1nnn(-c2nonc2N)c1-c1ccccc1)c1ccc(O)cc1. The molecule has 0 saturated carbocycles. The summed E-state index contributed by atoms with van der Waals surface area (Å²) in [6.07, 6.45) is 0. The molecular formula is C19H16N8O3. The number of rotatable bonds is 5. The molecule has 30 heavy (non-hydrogen) atoms. The molecule has 2 heterocycles. The second-order valence-corrected chi connectivity index (χ2v) is 6.22. The van der Waals surface area contributed by atoms with E-state index in [2.05, 4.69) is 35.8 Å². The molecule has 2 aromatic heterocycles. The largest absolute Gasteiger partial charge is 0.508 e. The second-order valence-electron chi connectivity index (χ2n) is 6.22. The van der Waals surface area contributed by atoms with Crippen LogP contribution in [0.2, 0.25) is 0 Å². The van der Waals surface area contributed by atoms with E-state index in [0.29, 0.717) is 17.0 Å². The molecular weight excluding hydrogens is 388 g/mol. The van der Waals surface area contributed by atoms with E-state index in [1.54, 1.807) is 31.2 Å². The summed E-state index contributed by atoms with van der Waals surface area (Å²) in [5.41, 5.74) is 10.6. The molecule has 11 heteroatoms. The van der Waals surface area contributed by atoms with Crippen LogP contribution in [0.3, 0.4) is 0 Å². The predicted molar refractivity (Wildman–Crippen MR) is 107 cm³/mol. The van der Waals surface area contributed by atoms with Gasteiger partial charge in [0.2, 0.25) is 11.6 Å². The second kappa shape index (κ2) is 7.83. The van der Waals surface area contributed by atoms with Crippen LogP contribution in [0, 0.1) is 0 Å². The highest BCUT2D eigenvalue weighted by molar-refractivity contribution is 6.02. The molecule has 4 aromatic rings. The number of phenolic OH excluding ortho intramolecular Hbond substituents is 1. The number of nitrogens with zero attached hydrogens (tertiary/aromatic N) is 6. The Morgan fingerprint density at radius 3 is 2.53 bits per heavy atom. The van der Waals surface area contributed by atoms with Crippen molar-refractivity contribution >= 4 is 17.4 Å². The summed E-state index contributed by atoms with van der Waals surface area (Å²) >= 11 is 0. The van der Waals surface area contributed by atoms with Crippen molar-refractivity contribution < 1.29 is 14.5 Å². The Bertz CT molecular complexity index is 1210. The number of amides is 1. The molecule has 11 nitrogen and oxygen atoms in total. The number of benzene rings is 2. The van der Waals surface area contributed by atoms with Crippen molar-refractivity contribution in [1.29, 1.82) is 0 Å². The number of phenols is 1. The molecule has 0 bridgehead atoms. The lowest BCUT2D eigenvalue weighted by Gasteiger charge is -2.06. The summed E-state index contributed by atoms with van der Waals surface area (Å²) in [7, 11) is 0. The number of aromatic hydroxyl groups is 1. The number of aromatic nitrogens is 5. The van der Waals surface area contributed by atoms with Crippen molar-refractivity contribution in [2.24, 2.45) is 5.10 Å². The third-order valence-corrected chi connectivity index (χ3v) is 4.24. The molecule has 4 rings (SSSR count). The Morgan fingerprint density at radius 1 is 1.13 bits per heavy atom. The normalized spacial score (nSPS) is 11.4. The molecule has 0 radical (unpaired) electrons. The first kappa shape index (κ1) is 18.8. The molecule has 0 aliphatic heterocycles. The minimum atomic E-state index is -0.576. The number of carbonyl (C=O) groups is 1. The van der Waals surface area contributed by atoms with E-state index in [1.165, 1.54) is 16.8 Å². The molecule has 1 amide bonds. The predicted octanol–water partition coefficient (Wildman–Crippen LogP) is 1.76. The Kier molecular flexibility index (Phi) is 4.91. The third-order valence-electron chi connectivity index (χ3n) is 4.24. The van der Waals surface area contributed by atoms with Gasteiger partial charge in [0.15, 0.2) is 5.69 Å². The van der Waals surface area contributed by atoms with Gasteiger partial charge in [0.25, 0.3) is 5.91 Å². The number of nitrogen functional groups attached to an aromatic ring is 1. The third kappa shape index (κ3) is 3.58. The zero-order valence-electron chi connectivity index (χ0n) is 15.7. The van der Waals surface area contributed by atoms with Gasteiger partial charge in [0.1, 0.15) is 11.4 Å². The van der Waals surface area contributed by atoms with Gasteiger partial charge in [-0.2, -0.15) is 9.78 Å². The van der Waals surface area contributed by atoms with E-state index in [0.717, 1.165) is 5.56 Å². The highest BCUT2D eigenvalue weighted by Gasteiger charge is 2.25. The fraction of sp³-hybridized carbons (Fsp3) is 0.0526. The number of hydrogen-bond acceptors (Lipinski definition) is 9. The summed E-state index contributed by atoms with van der Waals surface area (Å²) in [5.74, 6) is -0.316. The van der Waals surface area contributed by atoms with Gasteiger partial charge in [-0.1, -0.05) is 35.5 Å². The molecule has 0 atom stereocenters. The maximum absolute atomic E-state index is 12.8. The van der Waals surface area contributed by atoms with Crippen LogP contribution in [-0.2, 0) is 0 Å². The van der Waals surface area contributed by atoms with Crippen LogP contribution in [0.1, 0.15) is 23.0 Å². The van der Waals surface area contributed by atoms with Crippen molar-refractivity contribution in [2.45, 2.75) is 6.92 Å². The standard InChI is InChI=1S/C19H16N8O3/c1-11(12-7-9-14(28)10-8-12)21-23-19(29)15-16(13-5-3-2-4-6-13)27(26-22-15)18-17(20)24-30-25-18/h2-10,28H,1H3,(H2,20,24)(H,23,29)/b21-11+. The quantitative estimate of drug-likeness (QED) is 0.335. The fourth-order valence-corrected chi connectivity index (χ4v) is 2.73. The number of nitrogens with two attached hydrogens (primary N) is 1. The summed E-state index contributed by atoms with van der Waals surface area (Å²) in [4.78, 5) is 12.8. The fourth-order valence-electron chi connectivity index (χ4n) is 2.73. The van der Waals surface area contributed by atoms with E-state index < -0.39 is 5.91 Å². The Labute approximate surface area is 169 Å². The van der Waals surface area contributed by atoms with Crippen LogP contribution >= 0.6 is 0 Å². The Morgan fingerprint density at radius 2 is 1.87 bits per heavy atom. The monoisotopic (exact) mass is 404 g/mol. The first-order chi connectivity index (χ1) is 14.5. The Hall–Kier alpha value is -4.54. The zero-order chi connectivity index (χ0) is 21.1. The lowest BCUT2D eigenvalue weighted by atomic mass is 10.1. The number of anilines is 1. The van der Waals surface area contributed by atoms with Gasteiger partial charge in [0.05, 0.1) is 5.71 Å². The van der Waals surface area contributed by atoms with Crippen LogP contribution in [0.5, 0.6) is 5.75 Å². The summed E-state index contributed by atoms with van der Waals surface area (Å²) in [6.45, 7) is 1.73. The molecule has 0 saturated heterocycles. The number of nitrogens with one attached hydrogen (secondary N) is 1. The van der Waals surface area contributed by atoms with E-state index in [-0.39, 0.29) is 23.1 Å². The number of hydrogen-bond donors (Lipinski definition) is 3. The van der Waals surface area contributed by atoms with Crippen molar-refractivity contribution in [3.8, 4) is 22.8 Å². The molecule has 0 spiro atoms. The first-order valence-corrected chi connectivity index (χ1v) is 8.78. The summed E-state index contributed by atoms with van der Waals surface area (Å²) < 4.78 is 5.93. The lowest BCUT2D eigenvalue weighted by Crippen LogP contribution is -2.21. The maximum Gasteiger partial charge on any atom is 0.294 e. The summed E-state index contributed by atoms with van der Waals surface area (Å²) in [6, 6.07) is 15.5. The topological polar surface area (TPSA) is 157 Å². The van der Waals surface area contributed by atoms with Crippen molar-refractivity contribution in [2.75, 3.05) is 5.73 Å². The minimum Gasteiger partial charge on any atom is -0.508 e. The molecule has 4 N–H and O–H groups in total. The van der Waals surface area contributed by atoms with Gasteiger partial charge < -0.3 is 10.8 Å². The van der Waals surface area contributed by atoms with Crippen molar-refractivity contribution in [1.82, 2.24) is 30.7 Å². The van der Waals surface area contributed by atoms with Gasteiger partial charge in [-0.05, 0) is 47.1 Å².